The Morgan fingerprint density at radius 1 is 0.345 bits per heavy atom. The summed E-state index contributed by atoms with van der Waals surface area (Å²) in [5.74, 6) is 0. The van der Waals surface area contributed by atoms with E-state index in [0.29, 0.717) is 0 Å². The molecule has 0 radical (unpaired) electrons. The maximum Gasteiger partial charge on any atom is 0.0594 e. The van der Waals surface area contributed by atoms with Gasteiger partial charge < -0.3 is 0 Å². The summed E-state index contributed by atoms with van der Waals surface area (Å²) in [7, 11) is -0.794. The zero-order valence-electron chi connectivity index (χ0n) is 19.7. The van der Waals surface area contributed by atoms with Gasteiger partial charge in [0.2, 0.25) is 0 Å². The van der Waals surface area contributed by atoms with Crippen LogP contribution in [0.25, 0.3) is 0 Å². The van der Waals surface area contributed by atoms with E-state index >= 15 is 0 Å². The Morgan fingerprint density at radius 2 is 0.586 bits per heavy atom. The van der Waals surface area contributed by atoms with Crippen LogP contribution in [0.1, 0.15) is 103 Å². The van der Waals surface area contributed by atoms with Crippen LogP contribution in [-0.2, 0) is 0 Å². The Kier molecular flexibility index (Phi) is 21.6. The molecule has 0 aromatic heterocycles. The van der Waals surface area contributed by atoms with Crippen molar-refractivity contribution in [2.45, 2.75) is 103 Å². The Labute approximate surface area is 185 Å². The van der Waals surface area contributed by atoms with E-state index in [9.17, 15) is 0 Å². The fraction of sp³-hybridized carbons (Fsp3) is 0.714. The third-order valence-corrected chi connectivity index (χ3v) is 11.2. The molecule has 168 valence electrons. The van der Waals surface area contributed by atoms with E-state index in [4.69, 9.17) is 0 Å². The van der Waals surface area contributed by atoms with Gasteiger partial charge in [-0.25, -0.2) is 0 Å². The summed E-state index contributed by atoms with van der Waals surface area (Å²) < 4.78 is 0. The highest BCUT2D eigenvalue weighted by Gasteiger charge is 2.34. The second-order valence-electron chi connectivity index (χ2n) is 8.79. The summed E-state index contributed by atoms with van der Waals surface area (Å²) in [5, 5.41) is 0. The standard InChI is InChI=1S/C28H52P/c1-5-9-13-17-21-25-29(26-22-18-14-10-6-2,27-23-19-15-11-7-3)28-24-20-16-12-8-4/h5-8H,1-4,9-28H2/q+1. The van der Waals surface area contributed by atoms with E-state index in [-0.39, 0.29) is 0 Å². The molecule has 0 saturated heterocycles. The molecule has 29 heavy (non-hydrogen) atoms. The van der Waals surface area contributed by atoms with Crippen LogP contribution in [0.5, 0.6) is 0 Å². The second kappa shape index (κ2) is 22.1. The van der Waals surface area contributed by atoms with Gasteiger partial charge in [-0.1, -0.05) is 24.3 Å². The zero-order valence-corrected chi connectivity index (χ0v) is 20.6. The van der Waals surface area contributed by atoms with Crippen LogP contribution < -0.4 is 0 Å². The highest BCUT2D eigenvalue weighted by atomic mass is 31.2. The second-order valence-corrected chi connectivity index (χ2v) is 13.3. The predicted octanol–water partition coefficient (Wildman–Crippen LogP) is 9.99. The first-order valence-electron chi connectivity index (χ1n) is 12.5. The molecule has 0 fully saturated rings. The van der Waals surface area contributed by atoms with Crippen molar-refractivity contribution < 1.29 is 0 Å². The molecule has 0 heterocycles. The lowest BCUT2D eigenvalue weighted by molar-refractivity contribution is 0.695. The average molecular weight is 420 g/mol. The molecule has 1 heteroatoms. The maximum atomic E-state index is 3.89. The van der Waals surface area contributed by atoms with E-state index in [1.54, 1.807) is 24.6 Å². The van der Waals surface area contributed by atoms with Crippen molar-refractivity contribution in [2.75, 3.05) is 24.6 Å². The molecule has 0 amide bonds. The first-order chi connectivity index (χ1) is 14.2. The average Bonchev–Trinajstić information content (AvgIpc) is 2.73. The first kappa shape index (κ1) is 28.4. The molecule has 0 nitrogen and oxygen atoms in total. The van der Waals surface area contributed by atoms with Crippen molar-refractivity contribution in [3.05, 3.63) is 50.6 Å². The van der Waals surface area contributed by atoms with Gasteiger partial charge in [0, 0.05) is 7.26 Å². The SMILES string of the molecule is C=CCCCCC[P+](CCCCCC=C)(CCCCCC=C)CCCCCC=C. The van der Waals surface area contributed by atoms with Gasteiger partial charge in [-0.05, 0) is 103 Å². The zero-order chi connectivity index (χ0) is 21.5. The van der Waals surface area contributed by atoms with Crippen LogP contribution in [0.4, 0.5) is 0 Å². The smallest absolute Gasteiger partial charge is 0.0594 e. The third kappa shape index (κ3) is 17.9. The van der Waals surface area contributed by atoms with Crippen molar-refractivity contribution in [3.8, 4) is 0 Å². The Morgan fingerprint density at radius 3 is 0.793 bits per heavy atom. The van der Waals surface area contributed by atoms with Crippen molar-refractivity contribution >= 4 is 7.26 Å². The number of hydrogen-bond donors (Lipinski definition) is 0. The van der Waals surface area contributed by atoms with Gasteiger partial charge in [0.05, 0.1) is 24.6 Å². The fourth-order valence-electron chi connectivity index (χ4n) is 4.32. The molecule has 0 atom stereocenters. The molecule has 0 bridgehead atoms. The maximum absolute atomic E-state index is 3.89. The molecule has 0 unspecified atom stereocenters. The number of hydrogen-bond acceptors (Lipinski definition) is 0. The third-order valence-electron chi connectivity index (χ3n) is 6.16. The van der Waals surface area contributed by atoms with E-state index in [0.717, 1.165) is 0 Å². The Balaban J connectivity index is 4.76. The molecule has 0 aliphatic heterocycles. The molecule has 0 aromatic carbocycles. The largest absolute Gasteiger partial charge is 0.103 e. The van der Waals surface area contributed by atoms with Gasteiger partial charge in [0.25, 0.3) is 0 Å². The lowest BCUT2D eigenvalue weighted by Crippen LogP contribution is -2.13. The summed E-state index contributed by atoms with van der Waals surface area (Å²) in [4.78, 5) is 0. The van der Waals surface area contributed by atoms with Gasteiger partial charge in [-0.2, -0.15) is 0 Å². The minimum atomic E-state index is -0.794. The lowest BCUT2D eigenvalue weighted by atomic mass is 10.2. The molecule has 0 saturated carbocycles. The van der Waals surface area contributed by atoms with Crippen LogP contribution in [0.3, 0.4) is 0 Å². The Bertz CT molecular complexity index is 318. The van der Waals surface area contributed by atoms with Gasteiger partial charge in [-0.15, -0.1) is 26.3 Å². The quantitative estimate of drug-likeness (QED) is 0.0829. The highest BCUT2D eigenvalue weighted by molar-refractivity contribution is 7.75. The molecule has 0 aliphatic carbocycles. The fourth-order valence-corrected chi connectivity index (χ4v) is 9.24. The van der Waals surface area contributed by atoms with E-state index in [1.807, 2.05) is 0 Å². The first-order valence-corrected chi connectivity index (χ1v) is 15.1. The van der Waals surface area contributed by atoms with Crippen LogP contribution in [0, 0.1) is 0 Å². The highest BCUT2D eigenvalue weighted by Crippen LogP contribution is 2.61. The van der Waals surface area contributed by atoms with Gasteiger partial charge in [0.15, 0.2) is 0 Å². The molecule has 0 spiro atoms. The monoisotopic (exact) mass is 419 g/mol. The van der Waals surface area contributed by atoms with Crippen molar-refractivity contribution in [2.24, 2.45) is 0 Å². The molecule has 0 rings (SSSR count). The lowest BCUT2D eigenvalue weighted by Gasteiger charge is -2.28. The van der Waals surface area contributed by atoms with E-state index in [1.165, 1.54) is 103 Å². The molecular weight excluding hydrogens is 367 g/mol. The normalized spacial score (nSPS) is 11.3. The summed E-state index contributed by atoms with van der Waals surface area (Å²) >= 11 is 0. The van der Waals surface area contributed by atoms with Crippen LogP contribution in [0.2, 0.25) is 0 Å². The van der Waals surface area contributed by atoms with Gasteiger partial charge in [0.1, 0.15) is 0 Å². The number of allylic oxidation sites excluding steroid dienone is 4. The van der Waals surface area contributed by atoms with Gasteiger partial charge >= 0.3 is 0 Å². The minimum absolute atomic E-state index is 0.794. The molecular formula is C28H52P+. The summed E-state index contributed by atoms with van der Waals surface area (Å²) in [6.45, 7) is 15.6. The number of unbranched alkanes of at least 4 members (excludes halogenated alkanes) is 12. The minimum Gasteiger partial charge on any atom is -0.103 e. The topological polar surface area (TPSA) is 0 Å². The summed E-state index contributed by atoms with van der Waals surface area (Å²) in [6, 6.07) is 0. The van der Waals surface area contributed by atoms with E-state index in [2.05, 4.69) is 50.6 Å². The summed E-state index contributed by atoms with van der Waals surface area (Å²) in [5.41, 5.74) is 0. The number of rotatable bonds is 24. The molecule has 0 aromatic rings. The van der Waals surface area contributed by atoms with Gasteiger partial charge in [-0.3, -0.25) is 0 Å². The van der Waals surface area contributed by atoms with Crippen molar-refractivity contribution in [1.29, 1.82) is 0 Å². The van der Waals surface area contributed by atoms with Crippen molar-refractivity contribution in [3.63, 3.8) is 0 Å². The Hall–Kier alpha value is -0.610. The van der Waals surface area contributed by atoms with Crippen molar-refractivity contribution in [1.82, 2.24) is 0 Å². The van der Waals surface area contributed by atoms with Crippen LogP contribution in [-0.4, -0.2) is 24.6 Å². The van der Waals surface area contributed by atoms with E-state index < -0.39 is 7.26 Å². The molecule has 0 aliphatic rings. The molecule has 0 N–H and O–H groups in total. The summed E-state index contributed by atoms with van der Waals surface area (Å²) in [6.07, 6.45) is 36.0. The van der Waals surface area contributed by atoms with Crippen LogP contribution >= 0.6 is 7.26 Å². The van der Waals surface area contributed by atoms with Crippen LogP contribution in [0.15, 0.2) is 50.6 Å². The predicted molar refractivity (Wildman–Crippen MR) is 141 cm³/mol.